The summed E-state index contributed by atoms with van der Waals surface area (Å²) in [5.74, 6) is -5.15. The number of carbonyl (C=O) groups is 2. The Morgan fingerprint density at radius 2 is 1.62 bits per heavy atom. The number of anilines is 2. The van der Waals surface area contributed by atoms with Crippen molar-refractivity contribution in [1.82, 2.24) is 4.98 Å². The summed E-state index contributed by atoms with van der Waals surface area (Å²) in [6.07, 6.45) is 0.751. The van der Waals surface area contributed by atoms with E-state index in [1.54, 1.807) is 18.2 Å². The molecule has 0 aliphatic heterocycles. The van der Waals surface area contributed by atoms with E-state index in [1.165, 1.54) is 18.2 Å². The normalized spacial score (nSPS) is 18.3. The maximum absolute atomic E-state index is 13.8. The summed E-state index contributed by atoms with van der Waals surface area (Å²) in [5, 5.41) is 5.62. The predicted molar refractivity (Wildman–Crippen MR) is 129 cm³/mol. The number of amides is 2. The third-order valence-corrected chi connectivity index (χ3v) is 6.80. The Labute approximate surface area is 217 Å². The Hall–Kier alpha value is -2.16. The number of aromatic nitrogens is 1. The summed E-state index contributed by atoms with van der Waals surface area (Å²) < 4.78 is 25.5. The Kier molecular flexibility index (Phi) is 6.95. The first-order chi connectivity index (χ1) is 16.0. The molecule has 1 aliphatic carbocycles. The molecule has 2 atom stereocenters. The summed E-state index contributed by atoms with van der Waals surface area (Å²) in [6, 6.07) is 9.49. The molecule has 2 N–H and O–H groups in total. The average Bonchev–Trinajstić information content (AvgIpc) is 3.33. The predicted octanol–water partition coefficient (Wildman–Crippen LogP) is 7.10. The van der Waals surface area contributed by atoms with Crippen LogP contribution in [0.15, 0.2) is 48.7 Å². The largest absolute Gasteiger partial charge is 0.326 e. The number of rotatable bonds is 5. The molecule has 1 unspecified atom stereocenters. The van der Waals surface area contributed by atoms with Gasteiger partial charge in [0.2, 0.25) is 5.91 Å². The third-order valence-electron chi connectivity index (χ3n) is 5.10. The highest BCUT2D eigenvalue weighted by molar-refractivity contribution is 6.53. The van der Waals surface area contributed by atoms with E-state index in [-0.39, 0.29) is 16.3 Å². The number of alkyl halides is 2. The Morgan fingerprint density at radius 1 is 0.941 bits per heavy atom. The first-order valence-electron chi connectivity index (χ1n) is 9.54. The van der Waals surface area contributed by atoms with Crippen LogP contribution in [-0.2, 0) is 4.79 Å². The topological polar surface area (TPSA) is 71.1 Å². The minimum absolute atomic E-state index is 0.0277. The summed E-state index contributed by atoms with van der Waals surface area (Å²) in [5.41, 5.74) is 0.737. The van der Waals surface area contributed by atoms with E-state index in [1.807, 2.05) is 0 Å². The second kappa shape index (κ2) is 9.47. The Balaban J connectivity index is 1.52. The fourth-order valence-corrected chi connectivity index (χ4v) is 5.08. The monoisotopic (exact) mass is 563 g/mol. The van der Waals surface area contributed by atoms with Crippen molar-refractivity contribution < 1.29 is 18.4 Å². The third kappa shape index (κ3) is 5.09. The van der Waals surface area contributed by atoms with E-state index in [0.717, 1.165) is 6.20 Å². The van der Waals surface area contributed by atoms with Crippen molar-refractivity contribution in [3.8, 4) is 0 Å². The molecular weight excluding hydrogens is 554 g/mol. The van der Waals surface area contributed by atoms with Crippen LogP contribution >= 0.6 is 58.0 Å². The standard InChI is InChI=1S/C22H12Cl5F2N3O2/c23-10-3-9(4-11(24)5-10)17-18(22(17,26)27)21(34)31-13-1-2-15(25)14(7-13)20(33)32-19-16(29)6-12(28)8-30-19/h1-8,17-18H,(H,31,34)(H,30,32,33)/t17?,18-/m1/s1. The van der Waals surface area contributed by atoms with Crippen LogP contribution in [0.5, 0.6) is 0 Å². The molecule has 1 aliphatic rings. The molecule has 0 bridgehead atoms. The van der Waals surface area contributed by atoms with Crippen LogP contribution in [0.3, 0.4) is 0 Å². The SMILES string of the molecule is O=C(Nc1ncc(F)cc1F)c1cc(NC(=O)[C@H]2C(c3cc(Cl)cc(Cl)c3)C2(Cl)Cl)ccc1Cl. The van der Waals surface area contributed by atoms with Gasteiger partial charge in [0.05, 0.1) is 22.7 Å². The second-order valence-electron chi connectivity index (χ2n) is 7.45. The molecule has 1 fully saturated rings. The second-order valence-corrected chi connectivity index (χ2v) is 10.2. The minimum Gasteiger partial charge on any atom is -0.326 e. The molecule has 2 aromatic carbocycles. The fraction of sp³-hybridized carbons (Fsp3) is 0.136. The number of hydrogen-bond donors (Lipinski definition) is 2. The van der Waals surface area contributed by atoms with Gasteiger partial charge in [0.1, 0.15) is 10.2 Å². The Morgan fingerprint density at radius 3 is 2.26 bits per heavy atom. The molecule has 0 radical (unpaired) electrons. The van der Waals surface area contributed by atoms with Crippen molar-refractivity contribution in [3.63, 3.8) is 0 Å². The lowest BCUT2D eigenvalue weighted by Gasteiger charge is -2.10. The number of halogens is 7. The molecule has 2 amide bonds. The van der Waals surface area contributed by atoms with Gasteiger partial charge < -0.3 is 10.6 Å². The van der Waals surface area contributed by atoms with Gasteiger partial charge in [-0.2, -0.15) is 0 Å². The maximum atomic E-state index is 13.8. The van der Waals surface area contributed by atoms with Crippen LogP contribution in [0, 0.1) is 17.6 Å². The summed E-state index contributed by atoms with van der Waals surface area (Å²) in [6.45, 7) is 0. The Bertz CT molecular complexity index is 1300. The molecule has 3 aromatic rings. The zero-order chi connectivity index (χ0) is 24.8. The van der Waals surface area contributed by atoms with E-state index in [9.17, 15) is 18.4 Å². The first kappa shape index (κ1) is 24.9. The number of nitrogens with zero attached hydrogens (tertiary/aromatic N) is 1. The van der Waals surface area contributed by atoms with E-state index in [0.29, 0.717) is 21.7 Å². The molecule has 1 aromatic heterocycles. The van der Waals surface area contributed by atoms with Crippen LogP contribution < -0.4 is 10.6 Å². The molecule has 34 heavy (non-hydrogen) atoms. The maximum Gasteiger partial charge on any atom is 0.258 e. The lowest BCUT2D eigenvalue weighted by molar-refractivity contribution is -0.117. The van der Waals surface area contributed by atoms with E-state index in [2.05, 4.69) is 15.6 Å². The van der Waals surface area contributed by atoms with Gasteiger partial charge in [-0.1, -0.05) is 34.8 Å². The molecule has 176 valence electrons. The van der Waals surface area contributed by atoms with Gasteiger partial charge >= 0.3 is 0 Å². The molecule has 4 rings (SSSR count). The van der Waals surface area contributed by atoms with Crippen LogP contribution in [0.4, 0.5) is 20.3 Å². The molecular formula is C22H12Cl5F2N3O2. The van der Waals surface area contributed by atoms with Gasteiger partial charge in [-0.25, -0.2) is 13.8 Å². The molecule has 5 nitrogen and oxygen atoms in total. The van der Waals surface area contributed by atoms with Gasteiger partial charge in [-0.3, -0.25) is 9.59 Å². The summed E-state index contributed by atoms with van der Waals surface area (Å²) in [4.78, 5) is 29.0. The smallest absolute Gasteiger partial charge is 0.258 e. The van der Waals surface area contributed by atoms with Crippen LogP contribution in [-0.4, -0.2) is 21.1 Å². The summed E-state index contributed by atoms with van der Waals surface area (Å²) in [7, 11) is 0. The van der Waals surface area contributed by atoms with Crippen molar-refractivity contribution >= 4 is 81.3 Å². The van der Waals surface area contributed by atoms with Crippen molar-refractivity contribution in [2.24, 2.45) is 5.92 Å². The number of pyridine rings is 1. The average molecular weight is 566 g/mol. The van der Waals surface area contributed by atoms with Crippen molar-refractivity contribution in [2.75, 3.05) is 10.6 Å². The number of hydrogen-bond acceptors (Lipinski definition) is 3. The van der Waals surface area contributed by atoms with E-state index < -0.39 is 45.4 Å². The van der Waals surface area contributed by atoms with Crippen LogP contribution in [0.1, 0.15) is 21.8 Å². The highest BCUT2D eigenvalue weighted by atomic mass is 35.5. The van der Waals surface area contributed by atoms with Crippen molar-refractivity contribution in [3.05, 3.63) is 86.5 Å². The molecule has 0 spiro atoms. The van der Waals surface area contributed by atoms with E-state index in [4.69, 9.17) is 58.0 Å². The molecule has 1 heterocycles. The van der Waals surface area contributed by atoms with Gasteiger partial charge in [0.25, 0.3) is 5.91 Å². The fourth-order valence-electron chi connectivity index (χ4n) is 3.50. The summed E-state index contributed by atoms with van der Waals surface area (Å²) >= 11 is 30.9. The lowest BCUT2D eigenvalue weighted by atomic mass is 10.1. The number of carbonyl (C=O) groups excluding carboxylic acids is 2. The molecule has 0 saturated heterocycles. The molecule has 1 saturated carbocycles. The minimum atomic E-state index is -1.39. The quantitative estimate of drug-likeness (QED) is 0.324. The van der Waals surface area contributed by atoms with Crippen molar-refractivity contribution in [2.45, 2.75) is 10.3 Å². The van der Waals surface area contributed by atoms with E-state index >= 15 is 0 Å². The van der Waals surface area contributed by atoms with Gasteiger partial charge in [0.15, 0.2) is 11.6 Å². The van der Waals surface area contributed by atoms with Crippen molar-refractivity contribution in [1.29, 1.82) is 0 Å². The number of nitrogens with one attached hydrogen (secondary N) is 2. The van der Waals surface area contributed by atoms with Gasteiger partial charge in [-0.15, -0.1) is 23.2 Å². The molecule has 12 heteroatoms. The zero-order valence-electron chi connectivity index (χ0n) is 16.7. The zero-order valence-corrected chi connectivity index (χ0v) is 20.5. The van der Waals surface area contributed by atoms with Crippen LogP contribution in [0.2, 0.25) is 15.1 Å². The highest BCUT2D eigenvalue weighted by Crippen LogP contribution is 2.65. The number of benzene rings is 2. The van der Waals surface area contributed by atoms with Crippen LogP contribution in [0.25, 0.3) is 0 Å². The first-order valence-corrected chi connectivity index (χ1v) is 11.4. The lowest BCUT2D eigenvalue weighted by Crippen LogP contribution is -2.18. The van der Waals surface area contributed by atoms with Gasteiger partial charge in [0, 0.05) is 27.7 Å². The highest BCUT2D eigenvalue weighted by Gasteiger charge is 2.67. The van der Waals surface area contributed by atoms with Gasteiger partial charge in [-0.05, 0) is 42.0 Å².